The lowest BCUT2D eigenvalue weighted by molar-refractivity contribution is -0.121. The topological polar surface area (TPSA) is 38.3 Å². The average molecular weight is 215 g/mol. The minimum atomic E-state index is 0.174. The lowest BCUT2D eigenvalue weighted by Crippen LogP contribution is -2.23. The van der Waals surface area contributed by atoms with Crippen LogP contribution in [0.25, 0.3) is 0 Å². The fraction of sp³-hybridized carbons (Fsp3) is 0.917. The first-order valence-corrected chi connectivity index (χ1v) is 6.05. The first-order chi connectivity index (χ1) is 7.16. The third-order valence-electron chi connectivity index (χ3n) is 2.10. The van der Waals surface area contributed by atoms with E-state index in [-0.39, 0.29) is 5.91 Å². The van der Waals surface area contributed by atoms with Crippen molar-refractivity contribution in [3.8, 4) is 0 Å². The maximum atomic E-state index is 11.3. The molecule has 1 amide bonds. The smallest absolute Gasteiger partial charge is 0.219 e. The summed E-state index contributed by atoms with van der Waals surface area (Å²) in [5.74, 6) is 0.174. The number of ether oxygens (including phenoxy) is 1. The van der Waals surface area contributed by atoms with Crippen molar-refractivity contribution in [2.24, 2.45) is 0 Å². The molecule has 3 heteroatoms. The first-order valence-electron chi connectivity index (χ1n) is 6.05. The number of carbonyl (C=O) groups is 1. The van der Waals surface area contributed by atoms with E-state index in [2.05, 4.69) is 12.2 Å². The van der Waals surface area contributed by atoms with E-state index in [1.54, 1.807) is 0 Å². The highest BCUT2D eigenvalue weighted by molar-refractivity contribution is 5.75. The van der Waals surface area contributed by atoms with E-state index in [4.69, 9.17) is 4.74 Å². The van der Waals surface area contributed by atoms with Gasteiger partial charge in [-0.25, -0.2) is 0 Å². The van der Waals surface area contributed by atoms with Crippen LogP contribution in [0.15, 0.2) is 0 Å². The maximum absolute atomic E-state index is 11.3. The SMILES string of the molecule is CCCCNC(=O)CCCCOC(C)C. The summed E-state index contributed by atoms with van der Waals surface area (Å²) in [6, 6.07) is 0. The third kappa shape index (κ3) is 11.4. The van der Waals surface area contributed by atoms with Gasteiger partial charge in [0.2, 0.25) is 5.91 Å². The predicted octanol–water partition coefficient (Wildman–Crippen LogP) is 2.50. The lowest BCUT2D eigenvalue weighted by atomic mass is 10.2. The number of rotatable bonds is 9. The maximum Gasteiger partial charge on any atom is 0.219 e. The summed E-state index contributed by atoms with van der Waals surface area (Å²) in [7, 11) is 0. The zero-order valence-electron chi connectivity index (χ0n) is 10.3. The van der Waals surface area contributed by atoms with Crippen molar-refractivity contribution in [3.63, 3.8) is 0 Å². The summed E-state index contributed by atoms with van der Waals surface area (Å²) < 4.78 is 5.39. The zero-order valence-corrected chi connectivity index (χ0v) is 10.3. The molecular formula is C12H25NO2. The molecule has 3 nitrogen and oxygen atoms in total. The molecule has 0 saturated carbocycles. The Morgan fingerprint density at radius 1 is 1.27 bits per heavy atom. The normalized spacial score (nSPS) is 10.7. The largest absolute Gasteiger partial charge is 0.379 e. The standard InChI is InChI=1S/C12H25NO2/c1-4-5-9-13-12(14)8-6-7-10-15-11(2)3/h11H,4-10H2,1-3H3,(H,13,14). The van der Waals surface area contributed by atoms with Crippen molar-refractivity contribution < 1.29 is 9.53 Å². The molecule has 0 unspecified atom stereocenters. The van der Waals surface area contributed by atoms with E-state index >= 15 is 0 Å². The molecule has 0 aromatic carbocycles. The molecule has 0 heterocycles. The Kier molecular flexibility index (Phi) is 9.59. The second-order valence-electron chi connectivity index (χ2n) is 4.08. The molecule has 0 aliphatic carbocycles. The van der Waals surface area contributed by atoms with E-state index in [1.807, 2.05) is 13.8 Å². The van der Waals surface area contributed by atoms with Crippen LogP contribution in [0.4, 0.5) is 0 Å². The fourth-order valence-electron chi connectivity index (χ4n) is 1.20. The summed E-state index contributed by atoms with van der Waals surface area (Å²) in [6.07, 6.45) is 5.02. The number of carbonyl (C=O) groups excluding carboxylic acids is 1. The Morgan fingerprint density at radius 2 is 2.00 bits per heavy atom. The van der Waals surface area contributed by atoms with Gasteiger partial charge in [0.15, 0.2) is 0 Å². The van der Waals surface area contributed by atoms with Crippen LogP contribution in [0, 0.1) is 0 Å². The Labute approximate surface area is 93.6 Å². The molecule has 15 heavy (non-hydrogen) atoms. The van der Waals surface area contributed by atoms with Crippen LogP contribution in [0.1, 0.15) is 52.9 Å². The van der Waals surface area contributed by atoms with Crippen LogP contribution in [0.3, 0.4) is 0 Å². The highest BCUT2D eigenvalue weighted by Crippen LogP contribution is 1.98. The number of hydrogen-bond acceptors (Lipinski definition) is 2. The number of unbranched alkanes of at least 4 members (excludes halogenated alkanes) is 2. The predicted molar refractivity (Wildman–Crippen MR) is 62.9 cm³/mol. The second kappa shape index (κ2) is 9.97. The highest BCUT2D eigenvalue weighted by atomic mass is 16.5. The lowest BCUT2D eigenvalue weighted by Gasteiger charge is -2.07. The quantitative estimate of drug-likeness (QED) is 0.600. The van der Waals surface area contributed by atoms with Gasteiger partial charge in [0.1, 0.15) is 0 Å². The van der Waals surface area contributed by atoms with E-state index < -0.39 is 0 Å². The van der Waals surface area contributed by atoms with Crippen LogP contribution in [0.5, 0.6) is 0 Å². The van der Waals surface area contributed by atoms with E-state index in [9.17, 15) is 4.79 Å². The molecule has 0 saturated heterocycles. The van der Waals surface area contributed by atoms with Crippen LogP contribution in [-0.2, 0) is 9.53 Å². The van der Waals surface area contributed by atoms with E-state index in [0.29, 0.717) is 12.5 Å². The Hall–Kier alpha value is -0.570. The summed E-state index contributed by atoms with van der Waals surface area (Å²) in [5.41, 5.74) is 0. The fourth-order valence-corrected chi connectivity index (χ4v) is 1.20. The molecule has 0 radical (unpaired) electrons. The summed E-state index contributed by atoms with van der Waals surface area (Å²) in [4.78, 5) is 11.3. The summed E-state index contributed by atoms with van der Waals surface area (Å²) in [5, 5.41) is 2.90. The van der Waals surface area contributed by atoms with Crippen LogP contribution in [-0.4, -0.2) is 25.2 Å². The molecular weight excluding hydrogens is 190 g/mol. The zero-order chi connectivity index (χ0) is 11.5. The average Bonchev–Trinajstić information content (AvgIpc) is 2.17. The molecule has 0 aromatic heterocycles. The van der Waals surface area contributed by atoms with Crippen LogP contribution < -0.4 is 5.32 Å². The molecule has 0 aliphatic heterocycles. The molecule has 1 N–H and O–H groups in total. The van der Waals surface area contributed by atoms with Crippen molar-refractivity contribution in [1.82, 2.24) is 5.32 Å². The minimum Gasteiger partial charge on any atom is -0.379 e. The molecule has 0 rings (SSSR count). The van der Waals surface area contributed by atoms with Crippen LogP contribution >= 0.6 is 0 Å². The molecule has 0 aromatic rings. The Balaban J connectivity index is 3.17. The van der Waals surface area contributed by atoms with Gasteiger partial charge in [-0.05, 0) is 33.1 Å². The molecule has 0 fully saturated rings. The van der Waals surface area contributed by atoms with Crippen molar-refractivity contribution in [1.29, 1.82) is 0 Å². The number of hydrogen-bond donors (Lipinski definition) is 1. The van der Waals surface area contributed by atoms with Crippen molar-refractivity contribution in [3.05, 3.63) is 0 Å². The van der Waals surface area contributed by atoms with Gasteiger partial charge in [0.05, 0.1) is 6.10 Å². The monoisotopic (exact) mass is 215 g/mol. The minimum absolute atomic E-state index is 0.174. The highest BCUT2D eigenvalue weighted by Gasteiger charge is 2.00. The number of amides is 1. The first kappa shape index (κ1) is 14.4. The second-order valence-corrected chi connectivity index (χ2v) is 4.08. The third-order valence-corrected chi connectivity index (χ3v) is 2.10. The van der Waals surface area contributed by atoms with Gasteiger partial charge in [-0.2, -0.15) is 0 Å². The van der Waals surface area contributed by atoms with Crippen molar-refractivity contribution in [2.45, 2.75) is 59.0 Å². The van der Waals surface area contributed by atoms with Crippen molar-refractivity contribution >= 4 is 5.91 Å². The Bertz CT molecular complexity index is 158. The van der Waals surface area contributed by atoms with Gasteiger partial charge in [-0.3, -0.25) is 4.79 Å². The van der Waals surface area contributed by atoms with E-state index in [0.717, 1.165) is 38.8 Å². The van der Waals surface area contributed by atoms with Gasteiger partial charge < -0.3 is 10.1 Å². The summed E-state index contributed by atoms with van der Waals surface area (Å²) in [6.45, 7) is 7.75. The van der Waals surface area contributed by atoms with Gasteiger partial charge in [0, 0.05) is 19.6 Å². The van der Waals surface area contributed by atoms with Gasteiger partial charge in [-0.1, -0.05) is 13.3 Å². The number of nitrogens with one attached hydrogen (secondary N) is 1. The molecule has 0 atom stereocenters. The molecule has 0 bridgehead atoms. The molecule has 90 valence electrons. The molecule has 0 aliphatic rings. The van der Waals surface area contributed by atoms with E-state index in [1.165, 1.54) is 0 Å². The van der Waals surface area contributed by atoms with Gasteiger partial charge in [0.25, 0.3) is 0 Å². The van der Waals surface area contributed by atoms with Crippen molar-refractivity contribution in [2.75, 3.05) is 13.2 Å². The van der Waals surface area contributed by atoms with Gasteiger partial charge >= 0.3 is 0 Å². The Morgan fingerprint density at radius 3 is 2.60 bits per heavy atom. The van der Waals surface area contributed by atoms with Crippen LogP contribution in [0.2, 0.25) is 0 Å². The summed E-state index contributed by atoms with van der Waals surface area (Å²) >= 11 is 0. The van der Waals surface area contributed by atoms with Gasteiger partial charge in [-0.15, -0.1) is 0 Å². The molecule has 0 spiro atoms.